The van der Waals surface area contributed by atoms with E-state index < -0.39 is 23.9 Å². The largest absolute Gasteiger partial charge is 0.480 e. The number of carbonyl (C=O) groups is 1. The van der Waals surface area contributed by atoms with E-state index in [1.165, 1.54) is 6.07 Å². The quantitative estimate of drug-likeness (QED) is 0.819. The predicted molar refractivity (Wildman–Crippen MR) is 48.6 cm³/mol. The molecule has 0 bridgehead atoms. The van der Waals surface area contributed by atoms with Gasteiger partial charge in [-0.2, -0.15) is 13.2 Å². The van der Waals surface area contributed by atoms with Crippen LogP contribution in [0.1, 0.15) is 11.3 Å². The molecule has 0 amide bonds. The summed E-state index contributed by atoms with van der Waals surface area (Å²) in [7, 11) is 0. The first-order chi connectivity index (χ1) is 7.30. The molecule has 88 valence electrons. The first kappa shape index (κ1) is 12.4. The first-order valence-corrected chi connectivity index (χ1v) is 4.31. The average Bonchev–Trinajstić information content (AvgIpc) is 2.17. The third-order valence-electron chi connectivity index (χ3n) is 1.89. The predicted octanol–water partition coefficient (Wildman–Crippen LogP) is 1.05. The van der Waals surface area contributed by atoms with Crippen molar-refractivity contribution in [2.75, 3.05) is 0 Å². The Kier molecular flexibility index (Phi) is 3.48. The smallest absolute Gasteiger partial charge is 0.433 e. The Bertz CT molecular complexity index is 375. The number of alkyl halides is 3. The van der Waals surface area contributed by atoms with Crippen LogP contribution in [0.25, 0.3) is 0 Å². The van der Waals surface area contributed by atoms with Gasteiger partial charge in [0.25, 0.3) is 0 Å². The van der Waals surface area contributed by atoms with Crippen molar-refractivity contribution in [1.29, 1.82) is 0 Å². The van der Waals surface area contributed by atoms with E-state index in [-0.39, 0.29) is 6.42 Å². The molecule has 1 atom stereocenters. The van der Waals surface area contributed by atoms with Crippen molar-refractivity contribution < 1.29 is 23.1 Å². The lowest BCUT2D eigenvalue weighted by Gasteiger charge is -2.08. The third kappa shape index (κ3) is 3.20. The van der Waals surface area contributed by atoms with Crippen molar-refractivity contribution >= 4 is 5.97 Å². The Labute approximate surface area is 88.9 Å². The molecule has 1 aromatic rings. The van der Waals surface area contributed by atoms with Crippen LogP contribution < -0.4 is 5.73 Å². The van der Waals surface area contributed by atoms with Crippen LogP contribution in [0.5, 0.6) is 0 Å². The summed E-state index contributed by atoms with van der Waals surface area (Å²) in [5.41, 5.74) is 4.56. The van der Waals surface area contributed by atoms with Gasteiger partial charge < -0.3 is 10.8 Å². The van der Waals surface area contributed by atoms with Crippen LogP contribution in [-0.2, 0) is 17.4 Å². The molecule has 0 fully saturated rings. The van der Waals surface area contributed by atoms with Crippen molar-refractivity contribution in [3.8, 4) is 0 Å². The molecule has 0 aromatic carbocycles. The lowest BCUT2D eigenvalue weighted by molar-refractivity contribution is -0.141. The van der Waals surface area contributed by atoms with Gasteiger partial charge in [-0.25, -0.2) is 0 Å². The molecule has 16 heavy (non-hydrogen) atoms. The summed E-state index contributed by atoms with van der Waals surface area (Å²) in [4.78, 5) is 13.6. The highest BCUT2D eigenvalue weighted by molar-refractivity contribution is 5.73. The molecule has 0 saturated heterocycles. The van der Waals surface area contributed by atoms with Crippen LogP contribution in [0.15, 0.2) is 18.3 Å². The number of pyridine rings is 1. The Hall–Kier alpha value is -1.63. The number of halogens is 3. The molecule has 0 aliphatic rings. The molecule has 1 rings (SSSR count). The number of carboxylic acids is 1. The number of aromatic nitrogens is 1. The highest BCUT2D eigenvalue weighted by Crippen LogP contribution is 2.27. The Morgan fingerprint density at radius 3 is 2.50 bits per heavy atom. The zero-order chi connectivity index (χ0) is 12.3. The monoisotopic (exact) mass is 234 g/mol. The molecule has 0 unspecified atom stereocenters. The molecular weight excluding hydrogens is 225 g/mol. The van der Waals surface area contributed by atoms with Crippen LogP contribution in [0.2, 0.25) is 0 Å². The maximum atomic E-state index is 12.1. The van der Waals surface area contributed by atoms with Crippen LogP contribution in [0.3, 0.4) is 0 Å². The third-order valence-corrected chi connectivity index (χ3v) is 1.89. The Balaban J connectivity index is 2.76. The highest BCUT2D eigenvalue weighted by Gasteiger charge is 2.32. The van der Waals surface area contributed by atoms with E-state index in [0.717, 1.165) is 12.3 Å². The van der Waals surface area contributed by atoms with Gasteiger partial charge in [0.1, 0.15) is 11.7 Å². The van der Waals surface area contributed by atoms with Gasteiger partial charge in [-0.3, -0.25) is 9.78 Å². The molecule has 1 aromatic heterocycles. The molecular formula is C9H9F3N2O2. The minimum Gasteiger partial charge on any atom is -0.480 e. The lowest BCUT2D eigenvalue weighted by atomic mass is 10.1. The van der Waals surface area contributed by atoms with Gasteiger partial charge in [-0.1, -0.05) is 6.07 Å². The van der Waals surface area contributed by atoms with E-state index in [4.69, 9.17) is 10.8 Å². The summed E-state index contributed by atoms with van der Waals surface area (Å²) in [5.74, 6) is -1.21. The van der Waals surface area contributed by atoms with Crippen LogP contribution in [0.4, 0.5) is 13.2 Å². The van der Waals surface area contributed by atoms with Crippen molar-refractivity contribution in [1.82, 2.24) is 4.98 Å². The number of nitrogens with zero attached hydrogens (tertiary/aromatic N) is 1. The van der Waals surface area contributed by atoms with Crippen molar-refractivity contribution in [3.63, 3.8) is 0 Å². The van der Waals surface area contributed by atoms with Gasteiger partial charge in [0.15, 0.2) is 0 Å². The van der Waals surface area contributed by atoms with Crippen molar-refractivity contribution in [2.24, 2.45) is 5.73 Å². The van der Waals surface area contributed by atoms with E-state index in [2.05, 4.69) is 4.98 Å². The van der Waals surface area contributed by atoms with E-state index in [9.17, 15) is 18.0 Å². The van der Waals surface area contributed by atoms with Crippen LogP contribution in [-0.4, -0.2) is 22.1 Å². The number of aliphatic carboxylic acids is 1. The summed E-state index contributed by atoms with van der Waals surface area (Å²) in [6, 6.07) is 0.821. The fourth-order valence-electron chi connectivity index (χ4n) is 1.05. The summed E-state index contributed by atoms with van der Waals surface area (Å²) >= 11 is 0. The van der Waals surface area contributed by atoms with Gasteiger partial charge in [0.2, 0.25) is 0 Å². The average molecular weight is 234 g/mol. The first-order valence-electron chi connectivity index (χ1n) is 4.31. The molecule has 7 heteroatoms. The molecule has 0 aliphatic heterocycles. The lowest BCUT2D eigenvalue weighted by Crippen LogP contribution is -2.32. The Morgan fingerprint density at radius 2 is 2.12 bits per heavy atom. The van der Waals surface area contributed by atoms with E-state index in [0.29, 0.717) is 5.56 Å². The SMILES string of the molecule is N[C@H](Cc1ccc(C(F)(F)F)nc1)C(=O)O. The second-order valence-electron chi connectivity index (χ2n) is 3.20. The standard InChI is InChI=1S/C9H9F3N2O2/c10-9(11,12)7-2-1-5(4-14-7)3-6(13)8(15)16/h1-2,4,6H,3,13H2,(H,15,16)/t6-/m1/s1. The molecule has 0 saturated carbocycles. The number of hydrogen-bond donors (Lipinski definition) is 2. The number of carboxylic acid groups (broad SMARTS) is 1. The Morgan fingerprint density at radius 1 is 1.50 bits per heavy atom. The summed E-state index contributed by atoms with van der Waals surface area (Å²) in [6.45, 7) is 0. The van der Waals surface area contributed by atoms with Gasteiger partial charge in [-0.05, 0) is 18.1 Å². The zero-order valence-electron chi connectivity index (χ0n) is 8.03. The number of rotatable bonds is 3. The maximum absolute atomic E-state index is 12.1. The second-order valence-corrected chi connectivity index (χ2v) is 3.20. The molecule has 0 spiro atoms. The second kappa shape index (κ2) is 4.48. The zero-order valence-corrected chi connectivity index (χ0v) is 8.03. The summed E-state index contributed by atoms with van der Waals surface area (Å²) in [6.07, 6.45) is -3.57. The van der Waals surface area contributed by atoms with E-state index >= 15 is 0 Å². The van der Waals surface area contributed by atoms with Gasteiger partial charge >= 0.3 is 12.1 Å². The van der Waals surface area contributed by atoms with Gasteiger partial charge in [0, 0.05) is 6.20 Å². The highest BCUT2D eigenvalue weighted by atomic mass is 19.4. The van der Waals surface area contributed by atoms with E-state index in [1.54, 1.807) is 0 Å². The minimum absolute atomic E-state index is 0.0551. The number of hydrogen-bond acceptors (Lipinski definition) is 3. The minimum atomic E-state index is -4.49. The normalized spacial score (nSPS) is 13.5. The van der Waals surface area contributed by atoms with Crippen LogP contribution >= 0.6 is 0 Å². The summed E-state index contributed by atoms with van der Waals surface area (Å²) < 4.78 is 36.4. The maximum Gasteiger partial charge on any atom is 0.433 e. The molecule has 1 heterocycles. The molecule has 0 aliphatic carbocycles. The van der Waals surface area contributed by atoms with Crippen molar-refractivity contribution in [3.05, 3.63) is 29.6 Å². The van der Waals surface area contributed by atoms with Gasteiger partial charge in [0.05, 0.1) is 0 Å². The topological polar surface area (TPSA) is 76.2 Å². The molecule has 3 N–H and O–H groups in total. The molecule has 0 radical (unpaired) electrons. The fourth-order valence-corrected chi connectivity index (χ4v) is 1.05. The van der Waals surface area contributed by atoms with Gasteiger partial charge in [-0.15, -0.1) is 0 Å². The van der Waals surface area contributed by atoms with E-state index in [1.807, 2.05) is 0 Å². The fraction of sp³-hybridized carbons (Fsp3) is 0.333. The summed E-state index contributed by atoms with van der Waals surface area (Å²) in [5, 5.41) is 8.50. The van der Waals surface area contributed by atoms with Crippen LogP contribution in [0, 0.1) is 0 Å². The number of nitrogens with two attached hydrogens (primary N) is 1. The van der Waals surface area contributed by atoms with Crippen molar-refractivity contribution in [2.45, 2.75) is 18.6 Å². The molecule has 4 nitrogen and oxygen atoms in total.